The van der Waals surface area contributed by atoms with Gasteiger partial charge < -0.3 is 10.2 Å². The summed E-state index contributed by atoms with van der Waals surface area (Å²) in [4.78, 5) is 29.0. The Morgan fingerprint density at radius 1 is 0.949 bits per heavy atom. The zero-order valence-corrected chi connectivity index (χ0v) is 23.6. The number of carbonyl (C=O) groups excluding carboxylic acids is 2. The molecule has 0 aromatic heterocycles. The summed E-state index contributed by atoms with van der Waals surface area (Å²) in [7, 11) is -3.83. The van der Waals surface area contributed by atoms with Crippen molar-refractivity contribution in [3.05, 3.63) is 101 Å². The standard InChI is InChI=1S/C30H36FN3O4S/c1-5-23(3)32-30(36)28(19-24-11-7-6-8-12-24)33(20-25-14-16-26(31)17-15-25)29(35)21-34(39(4,37)38)27-13-9-10-22(2)18-27/h6-18,23,28H,5,19-21H2,1-4H3,(H,32,36). The number of amides is 2. The van der Waals surface area contributed by atoms with E-state index in [-0.39, 0.29) is 24.9 Å². The van der Waals surface area contributed by atoms with Gasteiger partial charge in [-0.05, 0) is 61.2 Å². The van der Waals surface area contributed by atoms with Crippen molar-refractivity contribution in [3.8, 4) is 0 Å². The number of nitrogens with zero attached hydrogens (tertiary/aromatic N) is 2. The molecule has 39 heavy (non-hydrogen) atoms. The maximum atomic E-state index is 14.0. The number of nitrogens with one attached hydrogen (secondary N) is 1. The fourth-order valence-electron chi connectivity index (χ4n) is 4.18. The molecule has 0 spiro atoms. The Labute approximate surface area is 230 Å². The number of hydrogen-bond acceptors (Lipinski definition) is 4. The molecule has 7 nitrogen and oxygen atoms in total. The number of benzene rings is 3. The largest absolute Gasteiger partial charge is 0.352 e. The van der Waals surface area contributed by atoms with Gasteiger partial charge in [0.1, 0.15) is 18.4 Å². The third-order valence-electron chi connectivity index (χ3n) is 6.51. The van der Waals surface area contributed by atoms with Crippen molar-refractivity contribution in [3.63, 3.8) is 0 Å². The first kappa shape index (κ1) is 29.8. The molecule has 0 bridgehead atoms. The van der Waals surface area contributed by atoms with E-state index in [0.29, 0.717) is 17.7 Å². The van der Waals surface area contributed by atoms with Crippen LogP contribution in [0.15, 0.2) is 78.9 Å². The van der Waals surface area contributed by atoms with Crippen LogP contribution in [0.3, 0.4) is 0 Å². The van der Waals surface area contributed by atoms with Crippen LogP contribution in [0.4, 0.5) is 10.1 Å². The third-order valence-corrected chi connectivity index (χ3v) is 7.65. The van der Waals surface area contributed by atoms with Gasteiger partial charge in [-0.15, -0.1) is 0 Å². The summed E-state index contributed by atoms with van der Waals surface area (Å²) in [5.41, 5.74) is 2.65. The van der Waals surface area contributed by atoms with E-state index < -0.39 is 34.3 Å². The second-order valence-corrected chi connectivity index (χ2v) is 11.7. The summed E-state index contributed by atoms with van der Waals surface area (Å²) in [6.45, 7) is 5.17. The van der Waals surface area contributed by atoms with E-state index in [4.69, 9.17) is 0 Å². The van der Waals surface area contributed by atoms with Gasteiger partial charge in [0.15, 0.2) is 0 Å². The quantitative estimate of drug-likeness (QED) is 0.359. The topological polar surface area (TPSA) is 86.8 Å². The molecule has 0 aliphatic carbocycles. The maximum Gasteiger partial charge on any atom is 0.244 e. The molecule has 0 heterocycles. The third kappa shape index (κ3) is 8.64. The zero-order valence-electron chi connectivity index (χ0n) is 22.8. The molecule has 9 heteroatoms. The van der Waals surface area contributed by atoms with Crippen LogP contribution in [-0.2, 0) is 32.6 Å². The number of rotatable bonds is 12. The van der Waals surface area contributed by atoms with Gasteiger partial charge in [-0.1, -0.05) is 61.5 Å². The van der Waals surface area contributed by atoms with Gasteiger partial charge in [-0.25, -0.2) is 12.8 Å². The highest BCUT2D eigenvalue weighted by Gasteiger charge is 2.33. The minimum Gasteiger partial charge on any atom is -0.352 e. The van der Waals surface area contributed by atoms with E-state index in [1.807, 2.05) is 57.2 Å². The van der Waals surface area contributed by atoms with Crippen molar-refractivity contribution in [1.82, 2.24) is 10.2 Å². The molecular formula is C30H36FN3O4S. The number of aryl methyl sites for hydroxylation is 1. The molecule has 0 saturated carbocycles. The smallest absolute Gasteiger partial charge is 0.244 e. The summed E-state index contributed by atoms with van der Waals surface area (Å²) < 4.78 is 40.3. The summed E-state index contributed by atoms with van der Waals surface area (Å²) in [6.07, 6.45) is 1.97. The van der Waals surface area contributed by atoms with Gasteiger partial charge in [0, 0.05) is 19.0 Å². The highest BCUT2D eigenvalue weighted by atomic mass is 32.2. The Balaban J connectivity index is 2.05. The molecule has 3 aromatic rings. The first-order valence-electron chi connectivity index (χ1n) is 12.9. The van der Waals surface area contributed by atoms with Crippen LogP contribution >= 0.6 is 0 Å². The van der Waals surface area contributed by atoms with Crippen molar-refractivity contribution >= 4 is 27.5 Å². The van der Waals surface area contributed by atoms with E-state index in [1.54, 1.807) is 30.3 Å². The zero-order chi connectivity index (χ0) is 28.6. The Bertz CT molecular complexity index is 1360. The molecule has 0 aliphatic rings. The molecular weight excluding hydrogens is 517 g/mol. The summed E-state index contributed by atoms with van der Waals surface area (Å²) >= 11 is 0. The lowest BCUT2D eigenvalue weighted by Crippen LogP contribution is -2.54. The number of anilines is 1. The van der Waals surface area contributed by atoms with E-state index >= 15 is 0 Å². The molecule has 0 saturated heterocycles. The highest BCUT2D eigenvalue weighted by Crippen LogP contribution is 2.21. The first-order valence-corrected chi connectivity index (χ1v) is 14.7. The lowest BCUT2D eigenvalue weighted by Gasteiger charge is -2.34. The number of hydrogen-bond donors (Lipinski definition) is 1. The van der Waals surface area contributed by atoms with Crippen LogP contribution in [0.1, 0.15) is 37.0 Å². The van der Waals surface area contributed by atoms with Crippen LogP contribution in [-0.4, -0.2) is 50.0 Å². The normalized spacial score (nSPS) is 12.8. The van der Waals surface area contributed by atoms with Gasteiger partial charge in [0.05, 0.1) is 11.9 Å². The van der Waals surface area contributed by atoms with Gasteiger partial charge in [-0.3, -0.25) is 13.9 Å². The monoisotopic (exact) mass is 553 g/mol. The predicted molar refractivity (Wildman–Crippen MR) is 152 cm³/mol. The molecule has 208 valence electrons. The number of halogens is 1. The second kappa shape index (κ2) is 13.4. The molecule has 0 fully saturated rings. The molecule has 1 N–H and O–H groups in total. The van der Waals surface area contributed by atoms with E-state index in [9.17, 15) is 22.4 Å². The lowest BCUT2D eigenvalue weighted by atomic mass is 10.0. The van der Waals surface area contributed by atoms with Crippen molar-refractivity contribution in [2.24, 2.45) is 0 Å². The predicted octanol–water partition coefficient (Wildman–Crippen LogP) is 4.45. The Morgan fingerprint density at radius 3 is 2.21 bits per heavy atom. The van der Waals surface area contributed by atoms with Crippen molar-refractivity contribution < 1.29 is 22.4 Å². The Hall–Kier alpha value is -3.72. The van der Waals surface area contributed by atoms with Crippen LogP contribution < -0.4 is 9.62 Å². The van der Waals surface area contributed by atoms with Gasteiger partial charge in [-0.2, -0.15) is 0 Å². The molecule has 2 amide bonds. The van der Waals surface area contributed by atoms with Crippen molar-refractivity contribution in [2.45, 2.75) is 52.2 Å². The number of sulfonamides is 1. The average Bonchev–Trinajstić information content (AvgIpc) is 2.90. The van der Waals surface area contributed by atoms with Crippen LogP contribution in [0, 0.1) is 12.7 Å². The average molecular weight is 554 g/mol. The molecule has 3 rings (SSSR count). The molecule has 0 radical (unpaired) electrons. The second-order valence-electron chi connectivity index (χ2n) is 9.78. The van der Waals surface area contributed by atoms with Crippen LogP contribution in [0.2, 0.25) is 0 Å². The van der Waals surface area contributed by atoms with E-state index in [0.717, 1.165) is 21.7 Å². The lowest BCUT2D eigenvalue weighted by molar-refractivity contribution is -0.140. The summed E-state index contributed by atoms with van der Waals surface area (Å²) in [5, 5.41) is 2.98. The van der Waals surface area contributed by atoms with E-state index in [1.165, 1.54) is 17.0 Å². The highest BCUT2D eigenvalue weighted by molar-refractivity contribution is 7.92. The first-order chi connectivity index (χ1) is 18.5. The van der Waals surface area contributed by atoms with Gasteiger partial charge in [0.2, 0.25) is 21.8 Å². The number of carbonyl (C=O) groups is 2. The maximum absolute atomic E-state index is 14.0. The molecule has 3 aromatic carbocycles. The van der Waals surface area contributed by atoms with Crippen LogP contribution in [0.5, 0.6) is 0 Å². The van der Waals surface area contributed by atoms with E-state index in [2.05, 4.69) is 5.32 Å². The minimum atomic E-state index is -3.83. The van der Waals surface area contributed by atoms with Crippen molar-refractivity contribution in [1.29, 1.82) is 0 Å². The molecule has 0 aliphatic heterocycles. The molecule has 2 atom stereocenters. The minimum absolute atomic E-state index is 0.00401. The Morgan fingerprint density at radius 2 is 1.62 bits per heavy atom. The summed E-state index contributed by atoms with van der Waals surface area (Å²) in [5.74, 6) is -1.31. The summed E-state index contributed by atoms with van der Waals surface area (Å²) in [6, 6.07) is 20.8. The van der Waals surface area contributed by atoms with Gasteiger partial charge >= 0.3 is 0 Å². The van der Waals surface area contributed by atoms with Gasteiger partial charge in [0.25, 0.3) is 0 Å². The molecule has 2 unspecified atom stereocenters. The fraction of sp³-hybridized carbons (Fsp3) is 0.333. The van der Waals surface area contributed by atoms with Crippen molar-refractivity contribution in [2.75, 3.05) is 17.1 Å². The van der Waals surface area contributed by atoms with Crippen LogP contribution in [0.25, 0.3) is 0 Å². The fourth-order valence-corrected chi connectivity index (χ4v) is 5.02. The Kier molecular flexibility index (Phi) is 10.2. The SMILES string of the molecule is CCC(C)NC(=O)C(Cc1ccccc1)N(Cc1ccc(F)cc1)C(=O)CN(c1cccc(C)c1)S(C)(=O)=O.